The minimum atomic E-state index is 0. The molecule has 1 aromatic rings. The minimum absolute atomic E-state index is 0. The van der Waals surface area contributed by atoms with E-state index >= 15 is 0 Å². The van der Waals surface area contributed by atoms with E-state index in [1.807, 2.05) is 0 Å². The highest BCUT2D eigenvalue weighted by Gasteiger charge is 2.44. The first kappa shape index (κ1) is 22.4. The normalized spacial score (nSPS) is 30.9. The van der Waals surface area contributed by atoms with Gasteiger partial charge in [-0.15, -0.1) is 24.8 Å². The molecular weight excluding hydrogens is 387 g/mol. The Hall–Kier alpha value is -0.280. The van der Waals surface area contributed by atoms with E-state index in [-0.39, 0.29) is 24.8 Å². The number of rotatable bonds is 5. The van der Waals surface area contributed by atoms with Gasteiger partial charge < -0.3 is 4.90 Å². The summed E-state index contributed by atoms with van der Waals surface area (Å²) in [4.78, 5) is 5.50. The topological polar surface area (TPSA) is 6.48 Å². The van der Waals surface area contributed by atoms with Crippen LogP contribution in [0.25, 0.3) is 0 Å². The fraction of sp³-hybridized carbons (Fsp3) is 0.750. The molecule has 0 spiro atoms. The molecule has 5 rings (SSSR count). The quantitative estimate of drug-likeness (QED) is 0.612. The summed E-state index contributed by atoms with van der Waals surface area (Å²) in [5, 5.41) is 0. The van der Waals surface area contributed by atoms with Gasteiger partial charge in [-0.3, -0.25) is 4.90 Å². The van der Waals surface area contributed by atoms with Crippen molar-refractivity contribution in [3.05, 3.63) is 35.4 Å². The molecule has 0 bridgehead atoms. The Morgan fingerprint density at radius 2 is 1.50 bits per heavy atom. The Balaban J connectivity index is 0.00000112. The molecule has 0 N–H and O–H groups in total. The molecule has 0 aromatic heterocycles. The third kappa shape index (κ3) is 4.72. The molecule has 4 heteroatoms. The Morgan fingerprint density at radius 3 is 2.21 bits per heavy atom. The third-order valence-corrected chi connectivity index (χ3v) is 8.05. The first-order chi connectivity index (χ1) is 12.9. The first-order valence-corrected chi connectivity index (χ1v) is 11.4. The summed E-state index contributed by atoms with van der Waals surface area (Å²) in [6, 6.07) is 10.7. The smallest absolute Gasteiger partial charge is 0.00954 e. The lowest BCUT2D eigenvalue weighted by Crippen LogP contribution is -2.32. The Bertz CT molecular complexity index is 593. The van der Waals surface area contributed by atoms with Crippen molar-refractivity contribution in [1.29, 1.82) is 0 Å². The summed E-state index contributed by atoms with van der Waals surface area (Å²) in [7, 11) is 0. The number of fused-ring (bicyclic) bond motifs is 1. The maximum absolute atomic E-state index is 2.87. The molecule has 3 atom stereocenters. The van der Waals surface area contributed by atoms with Crippen molar-refractivity contribution in [2.24, 2.45) is 11.8 Å². The number of likely N-dealkylation sites (tertiary alicyclic amines) is 2. The van der Waals surface area contributed by atoms with E-state index in [9.17, 15) is 0 Å². The van der Waals surface area contributed by atoms with Gasteiger partial charge in [0.05, 0.1) is 0 Å². The summed E-state index contributed by atoms with van der Waals surface area (Å²) >= 11 is 0. The van der Waals surface area contributed by atoms with Crippen LogP contribution in [-0.4, -0.2) is 48.6 Å². The average Bonchev–Trinajstić information content (AvgIpc) is 3.45. The van der Waals surface area contributed by atoms with Crippen molar-refractivity contribution in [1.82, 2.24) is 9.80 Å². The van der Waals surface area contributed by atoms with Crippen LogP contribution in [0.1, 0.15) is 68.4 Å². The van der Waals surface area contributed by atoms with E-state index in [4.69, 9.17) is 0 Å². The minimum Gasteiger partial charge on any atom is -0.303 e. The predicted molar refractivity (Wildman–Crippen MR) is 123 cm³/mol. The molecule has 4 aliphatic rings. The van der Waals surface area contributed by atoms with Crippen LogP contribution >= 0.6 is 24.8 Å². The number of benzene rings is 1. The van der Waals surface area contributed by atoms with Crippen molar-refractivity contribution in [3.8, 4) is 0 Å². The zero-order chi connectivity index (χ0) is 17.3. The molecule has 2 saturated heterocycles. The molecule has 0 amide bonds. The van der Waals surface area contributed by atoms with Crippen LogP contribution in [0.15, 0.2) is 24.3 Å². The van der Waals surface area contributed by atoms with Gasteiger partial charge in [0.15, 0.2) is 0 Å². The van der Waals surface area contributed by atoms with Gasteiger partial charge in [0.1, 0.15) is 0 Å². The second-order valence-corrected chi connectivity index (χ2v) is 9.54. The highest BCUT2D eigenvalue weighted by molar-refractivity contribution is 5.85. The molecule has 2 aliphatic carbocycles. The van der Waals surface area contributed by atoms with Crippen LogP contribution in [-0.2, 0) is 6.42 Å². The maximum atomic E-state index is 2.87. The van der Waals surface area contributed by atoms with Crippen LogP contribution in [0, 0.1) is 11.8 Å². The number of hydrogen-bond donors (Lipinski definition) is 0. The summed E-state index contributed by atoms with van der Waals surface area (Å²) < 4.78 is 0. The molecule has 1 aromatic carbocycles. The molecule has 3 unspecified atom stereocenters. The standard InChI is InChI=1S/C24H36N2.2ClH/c1-2-6-22(5-1)26-17-21-11-12-23(24(21)18-26)20-9-7-19(8-10-20)13-16-25-14-3-4-15-25;;/h7-10,21-24H,1-6,11-18H2;2*1H. The van der Waals surface area contributed by atoms with Gasteiger partial charge in [-0.2, -0.15) is 0 Å². The Morgan fingerprint density at radius 1 is 0.786 bits per heavy atom. The largest absolute Gasteiger partial charge is 0.303 e. The number of halogens is 2. The average molecular weight is 425 g/mol. The van der Waals surface area contributed by atoms with Crippen molar-refractivity contribution in [2.75, 3.05) is 32.7 Å². The van der Waals surface area contributed by atoms with Gasteiger partial charge in [0.2, 0.25) is 0 Å². The Kier molecular flexibility index (Phi) is 8.13. The van der Waals surface area contributed by atoms with E-state index in [2.05, 4.69) is 34.1 Å². The van der Waals surface area contributed by atoms with Crippen LogP contribution in [0.2, 0.25) is 0 Å². The highest BCUT2D eigenvalue weighted by atomic mass is 35.5. The summed E-state index contributed by atoms with van der Waals surface area (Å²) in [6.45, 7) is 6.68. The van der Waals surface area contributed by atoms with Crippen LogP contribution in [0.4, 0.5) is 0 Å². The maximum Gasteiger partial charge on any atom is 0.00954 e. The van der Waals surface area contributed by atoms with E-state index in [1.165, 1.54) is 96.1 Å². The number of nitrogens with zero attached hydrogens (tertiary/aromatic N) is 2. The van der Waals surface area contributed by atoms with Crippen molar-refractivity contribution in [3.63, 3.8) is 0 Å². The highest BCUT2D eigenvalue weighted by Crippen LogP contribution is 2.48. The van der Waals surface area contributed by atoms with Gasteiger partial charge >= 0.3 is 0 Å². The lowest BCUT2D eigenvalue weighted by atomic mass is 9.86. The van der Waals surface area contributed by atoms with Crippen molar-refractivity contribution in [2.45, 2.75) is 69.7 Å². The summed E-state index contributed by atoms with van der Waals surface area (Å²) in [5.74, 6) is 2.75. The SMILES string of the molecule is Cl.Cl.c1cc(C2CCC3CN(C4CCCC4)CC32)ccc1CCN1CCCC1. The van der Waals surface area contributed by atoms with Gasteiger partial charge in [-0.1, -0.05) is 37.1 Å². The van der Waals surface area contributed by atoms with Crippen LogP contribution < -0.4 is 0 Å². The molecule has 2 aliphatic heterocycles. The monoisotopic (exact) mass is 424 g/mol. The zero-order valence-electron chi connectivity index (χ0n) is 17.2. The second kappa shape index (κ2) is 10.2. The van der Waals surface area contributed by atoms with Gasteiger partial charge in [-0.05, 0) is 86.9 Å². The summed E-state index contributed by atoms with van der Waals surface area (Å²) in [6.07, 6.45) is 12.8. The van der Waals surface area contributed by atoms with Gasteiger partial charge in [0, 0.05) is 25.7 Å². The number of hydrogen-bond acceptors (Lipinski definition) is 2. The Labute approximate surface area is 184 Å². The van der Waals surface area contributed by atoms with Crippen molar-refractivity contribution < 1.29 is 0 Å². The molecule has 2 heterocycles. The molecule has 28 heavy (non-hydrogen) atoms. The first-order valence-electron chi connectivity index (χ1n) is 11.4. The van der Waals surface area contributed by atoms with Gasteiger partial charge in [-0.25, -0.2) is 0 Å². The van der Waals surface area contributed by atoms with E-state index in [0.29, 0.717) is 0 Å². The van der Waals surface area contributed by atoms with E-state index in [1.54, 1.807) is 5.56 Å². The van der Waals surface area contributed by atoms with E-state index < -0.39 is 0 Å². The van der Waals surface area contributed by atoms with Crippen LogP contribution in [0.5, 0.6) is 0 Å². The van der Waals surface area contributed by atoms with Crippen LogP contribution in [0.3, 0.4) is 0 Å². The molecule has 2 saturated carbocycles. The molecule has 4 fully saturated rings. The fourth-order valence-corrected chi connectivity index (χ4v) is 6.51. The lowest BCUT2D eigenvalue weighted by molar-refractivity contribution is 0.225. The van der Waals surface area contributed by atoms with Crippen molar-refractivity contribution >= 4 is 24.8 Å². The lowest BCUT2D eigenvalue weighted by Gasteiger charge is -2.26. The molecule has 158 valence electrons. The molecule has 0 radical (unpaired) electrons. The summed E-state index contributed by atoms with van der Waals surface area (Å²) in [5.41, 5.74) is 3.17. The third-order valence-electron chi connectivity index (χ3n) is 8.05. The fourth-order valence-electron chi connectivity index (χ4n) is 6.51. The second-order valence-electron chi connectivity index (χ2n) is 9.54. The van der Waals surface area contributed by atoms with E-state index in [0.717, 1.165) is 23.8 Å². The molecule has 2 nitrogen and oxygen atoms in total. The predicted octanol–water partition coefficient (Wildman–Crippen LogP) is 5.54. The molecular formula is C24H38Cl2N2. The zero-order valence-corrected chi connectivity index (χ0v) is 18.9. The van der Waals surface area contributed by atoms with Gasteiger partial charge in [0.25, 0.3) is 0 Å².